The van der Waals surface area contributed by atoms with Crippen LogP contribution < -0.4 is 10.6 Å². The molecule has 1 aliphatic rings. The van der Waals surface area contributed by atoms with Crippen LogP contribution in [-0.4, -0.2) is 31.2 Å². The van der Waals surface area contributed by atoms with E-state index in [1.54, 1.807) is 0 Å². The highest BCUT2D eigenvalue weighted by Crippen LogP contribution is 2.21. The Morgan fingerprint density at radius 1 is 1.47 bits per heavy atom. The van der Waals surface area contributed by atoms with Gasteiger partial charge in [0.05, 0.1) is 6.42 Å². The first-order valence-electron chi connectivity index (χ1n) is 5.95. The summed E-state index contributed by atoms with van der Waals surface area (Å²) in [7, 11) is 0. The van der Waals surface area contributed by atoms with Crippen molar-refractivity contribution in [2.24, 2.45) is 5.92 Å². The molecule has 0 spiro atoms. The number of hydrogen-bond donors (Lipinski definition) is 2. The number of rotatable bonds is 4. The minimum Gasteiger partial charge on any atom is -0.355 e. The number of alkyl halides is 3. The van der Waals surface area contributed by atoms with Crippen molar-refractivity contribution in [2.75, 3.05) is 13.1 Å². The normalized spacial score (nSPS) is 25.6. The Hall–Kier alpha value is -0.780. The van der Waals surface area contributed by atoms with E-state index in [4.69, 9.17) is 0 Å². The summed E-state index contributed by atoms with van der Waals surface area (Å²) in [6.07, 6.45) is -3.58. The molecule has 2 atom stereocenters. The predicted molar refractivity (Wildman–Crippen MR) is 58.5 cm³/mol. The largest absolute Gasteiger partial charge is 0.389 e. The van der Waals surface area contributed by atoms with Gasteiger partial charge < -0.3 is 10.6 Å². The second kappa shape index (κ2) is 6.23. The fraction of sp³-hybridized carbons (Fsp3) is 0.909. The maximum absolute atomic E-state index is 11.9. The number of carbonyl (C=O) groups is 1. The molecule has 0 bridgehead atoms. The third-order valence-electron chi connectivity index (χ3n) is 3.08. The summed E-state index contributed by atoms with van der Waals surface area (Å²) >= 11 is 0. The SMILES string of the molecule is C[C@@H]1CCCN[C@H]1CNC(=O)CCC(F)(F)F. The first-order valence-corrected chi connectivity index (χ1v) is 5.95. The highest BCUT2D eigenvalue weighted by Gasteiger charge is 2.28. The molecule has 0 radical (unpaired) electrons. The fourth-order valence-corrected chi connectivity index (χ4v) is 1.95. The van der Waals surface area contributed by atoms with Crippen molar-refractivity contribution in [2.45, 2.75) is 44.8 Å². The molecule has 0 aliphatic carbocycles. The second-order valence-corrected chi connectivity index (χ2v) is 4.60. The van der Waals surface area contributed by atoms with Crippen molar-refractivity contribution in [1.29, 1.82) is 0 Å². The average Bonchev–Trinajstić information content (AvgIpc) is 2.24. The van der Waals surface area contributed by atoms with Gasteiger partial charge in [-0.25, -0.2) is 0 Å². The lowest BCUT2D eigenvalue weighted by Gasteiger charge is -2.30. The minimum absolute atomic E-state index is 0.179. The van der Waals surface area contributed by atoms with Crippen molar-refractivity contribution < 1.29 is 18.0 Å². The lowest BCUT2D eigenvalue weighted by atomic mass is 9.93. The van der Waals surface area contributed by atoms with E-state index in [-0.39, 0.29) is 6.04 Å². The van der Waals surface area contributed by atoms with Crippen LogP contribution in [0.1, 0.15) is 32.6 Å². The number of piperidine rings is 1. The molecule has 2 N–H and O–H groups in total. The zero-order valence-corrected chi connectivity index (χ0v) is 9.94. The molecule has 100 valence electrons. The van der Waals surface area contributed by atoms with E-state index in [1.807, 2.05) is 0 Å². The summed E-state index contributed by atoms with van der Waals surface area (Å²) in [5.41, 5.74) is 0. The molecule has 0 aromatic rings. The van der Waals surface area contributed by atoms with Crippen LogP contribution in [0, 0.1) is 5.92 Å². The standard InChI is InChI=1S/C11H19F3N2O/c1-8-3-2-6-15-9(8)7-16-10(17)4-5-11(12,13)14/h8-9,15H,2-7H2,1H3,(H,16,17)/t8-,9+/m1/s1. The van der Waals surface area contributed by atoms with Gasteiger partial charge in [-0.1, -0.05) is 6.92 Å². The zero-order valence-electron chi connectivity index (χ0n) is 9.94. The molecular formula is C11H19F3N2O. The molecule has 1 amide bonds. The molecule has 1 fully saturated rings. The van der Waals surface area contributed by atoms with Crippen molar-refractivity contribution in [3.63, 3.8) is 0 Å². The molecule has 0 aromatic heterocycles. The van der Waals surface area contributed by atoms with Gasteiger partial charge in [-0.3, -0.25) is 4.79 Å². The Morgan fingerprint density at radius 2 is 2.18 bits per heavy atom. The number of halogens is 3. The smallest absolute Gasteiger partial charge is 0.355 e. The summed E-state index contributed by atoms with van der Waals surface area (Å²) in [5, 5.41) is 5.81. The summed E-state index contributed by atoms with van der Waals surface area (Å²) in [5.74, 6) is -0.0754. The van der Waals surface area contributed by atoms with E-state index in [9.17, 15) is 18.0 Å². The third-order valence-corrected chi connectivity index (χ3v) is 3.08. The summed E-state index contributed by atoms with van der Waals surface area (Å²) in [6.45, 7) is 3.41. The molecule has 1 rings (SSSR count). The van der Waals surface area contributed by atoms with Crippen LogP contribution in [0.25, 0.3) is 0 Å². The van der Waals surface area contributed by atoms with E-state index >= 15 is 0 Å². The first kappa shape index (κ1) is 14.3. The van der Waals surface area contributed by atoms with E-state index in [2.05, 4.69) is 17.6 Å². The van der Waals surface area contributed by atoms with Crippen LogP contribution in [0.15, 0.2) is 0 Å². The number of nitrogens with one attached hydrogen (secondary N) is 2. The Bertz CT molecular complexity index is 256. The number of hydrogen-bond acceptors (Lipinski definition) is 2. The van der Waals surface area contributed by atoms with Gasteiger partial charge in [0.1, 0.15) is 0 Å². The quantitative estimate of drug-likeness (QED) is 0.801. The van der Waals surface area contributed by atoms with Gasteiger partial charge in [-0.15, -0.1) is 0 Å². The van der Waals surface area contributed by atoms with Crippen LogP contribution in [-0.2, 0) is 4.79 Å². The topological polar surface area (TPSA) is 41.1 Å². The number of amides is 1. The molecule has 1 heterocycles. The molecule has 1 saturated heterocycles. The number of carbonyl (C=O) groups excluding carboxylic acids is 1. The van der Waals surface area contributed by atoms with Gasteiger partial charge >= 0.3 is 6.18 Å². The Balaban J connectivity index is 2.19. The molecule has 0 saturated carbocycles. The van der Waals surface area contributed by atoms with E-state index in [0.29, 0.717) is 12.5 Å². The first-order chi connectivity index (χ1) is 7.88. The Labute approximate surface area is 99.1 Å². The van der Waals surface area contributed by atoms with Crippen LogP contribution in [0.2, 0.25) is 0 Å². The lowest BCUT2D eigenvalue weighted by molar-refractivity contribution is -0.144. The molecule has 3 nitrogen and oxygen atoms in total. The molecule has 6 heteroatoms. The summed E-state index contributed by atoms with van der Waals surface area (Å²) < 4.78 is 35.6. The minimum atomic E-state index is -4.26. The zero-order chi connectivity index (χ0) is 12.9. The van der Waals surface area contributed by atoms with Gasteiger partial charge in [-0.05, 0) is 25.3 Å². The van der Waals surface area contributed by atoms with Crippen LogP contribution in [0.4, 0.5) is 13.2 Å². The molecular weight excluding hydrogens is 233 g/mol. The van der Waals surface area contributed by atoms with Gasteiger partial charge in [-0.2, -0.15) is 13.2 Å². The highest BCUT2D eigenvalue weighted by atomic mass is 19.4. The van der Waals surface area contributed by atoms with E-state index in [1.165, 1.54) is 0 Å². The molecule has 1 aliphatic heterocycles. The van der Waals surface area contributed by atoms with Crippen LogP contribution >= 0.6 is 0 Å². The van der Waals surface area contributed by atoms with Gasteiger partial charge in [0.15, 0.2) is 0 Å². The van der Waals surface area contributed by atoms with Crippen LogP contribution in [0.5, 0.6) is 0 Å². The maximum atomic E-state index is 11.9. The summed E-state index contributed by atoms with van der Waals surface area (Å²) in [6, 6.07) is 0.179. The molecule has 17 heavy (non-hydrogen) atoms. The van der Waals surface area contributed by atoms with Crippen molar-refractivity contribution in [3.05, 3.63) is 0 Å². The van der Waals surface area contributed by atoms with Gasteiger partial charge in [0, 0.05) is 19.0 Å². The fourth-order valence-electron chi connectivity index (χ4n) is 1.95. The van der Waals surface area contributed by atoms with Gasteiger partial charge in [0.25, 0.3) is 0 Å². The third kappa shape index (κ3) is 5.91. The Morgan fingerprint density at radius 3 is 2.76 bits per heavy atom. The molecule has 0 unspecified atom stereocenters. The second-order valence-electron chi connectivity index (χ2n) is 4.60. The highest BCUT2D eigenvalue weighted by molar-refractivity contribution is 5.75. The van der Waals surface area contributed by atoms with Crippen molar-refractivity contribution >= 4 is 5.91 Å². The Kier molecular flexibility index (Phi) is 5.24. The van der Waals surface area contributed by atoms with Crippen molar-refractivity contribution in [3.8, 4) is 0 Å². The maximum Gasteiger partial charge on any atom is 0.389 e. The van der Waals surface area contributed by atoms with E-state index < -0.39 is 24.9 Å². The predicted octanol–water partition coefficient (Wildman–Crippen LogP) is 1.83. The lowest BCUT2D eigenvalue weighted by Crippen LogP contribution is -2.47. The summed E-state index contributed by atoms with van der Waals surface area (Å²) in [4.78, 5) is 11.2. The van der Waals surface area contributed by atoms with Crippen molar-refractivity contribution in [1.82, 2.24) is 10.6 Å². The van der Waals surface area contributed by atoms with E-state index in [0.717, 1.165) is 19.4 Å². The van der Waals surface area contributed by atoms with Crippen LogP contribution in [0.3, 0.4) is 0 Å². The van der Waals surface area contributed by atoms with Gasteiger partial charge in [0.2, 0.25) is 5.91 Å². The molecule has 0 aromatic carbocycles. The monoisotopic (exact) mass is 252 g/mol. The average molecular weight is 252 g/mol.